The summed E-state index contributed by atoms with van der Waals surface area (Å²) in [6, 6.07) is 10.9. The summed E-state index contributed by atoms with van der Waals surface area (Å²) in [6.45, 7) is 3.21. The lowest BCUT2D eigenvalue weighted by molar-refractivity contribution is -0.710. The van der Waals surface area contributed by atoms with E-state index in [1.165, 1.54) is 44.1 Å². The molecule has 22 heavy (non-hydrogen) atoms. The van der Waals surface area contributed by atoms with Crippen molar-refractivity contribution in [3.8, 4) is 0 Å². The van der Waals surface area contributed by atoms with E-state index in [1.807, 2.05) is 0 Å². The minimum atomic E-state index is -0.135. The Hall–Kier alpha value is -0.860. The van der Waals surface area contributed by atoms with Crippen molar-refractivity contribution in [2.75, 3.05) is 0 Å². The van der Waals surface area contributed by atoms with Crippen molar-refractivity contribution >= 4 is 0 Å². The first-order valence-electron chi connectivity index (χ1n) is 9.20. The van der Waals surface area contributed by atoms with Crippen molar-refractivity contribution in [3.63, 3.8) is 0 Å². The Labute approximate surface area is 134 Å². The molecule has 1 aromatic rings. The second-order valence-corrected chi connectivity index (χ2v) is 8.51. The predicted octanol–water partition coefficient (Wildman–Crippen LogP) is 2.72. The largest absolute Gasteiger partial charge is 0.386 e. The van der Waals surface area contributed by atoms with E-state index in [4.69, 9.17) is 0 Å². The molecule has 0 amide bonds. The molecule has 1 aromatic carbocycles. The standard InChI is InChI=1S/C20H29NO/c1-14(21-13-15-5-3-2-4-6-15)19(22)20-10-16-7-17(11-20)9-18(8-16)12-20/h2-6,14,16-19,21-22H,7-13H2,1H3/p+1/t14-,16?,17?,18?,19+,20?/m0/s1. The highest BCUT2D eigenvalue weighted by molar-refractivity contribution is 5.13. The number of aliphatic hydroxyl groups excluding tert-OH is 1. The molecule has 4 fully saturated rings. The summed E-state index contributed by atoms with van der Waals surface area (Å²) in [4.78, 5) is 0. The van der Waals surface area contributed by atoms with Crippen molar-refractivity contribution in [2.45, 2.75) is 64.1 Å². The summed E-state index contributed by atoms with van der Waals surface area (Å²) in [7, 11) is 0. The molecule has 4 aliphatic carbocycles. The lowest BCUT2D eigenvalue weighted by Gasteiger charge is -2.58. The Morgan fingerprint density at radius 2 is 1.59 bits per heavy atom. The zero-order valence-electron chi connectivity index (χ0n) is 13.7. The summed E-state index contributed by atoms with van der Waals surface area (Å²) < 4.78 is 0. The minimum Gasteiger partial charge on any atom is -0.386 e. The number of aliphatic hydroxyl groups is 1. The van der Waals surface area contributed by atoms with Gasteiger partial charge in [0, 0.05) is 11.0 Å². The third-order valence-electron chi connectivity index (χ3n) is 6.78. The first kappa shape index (κ1) is 14.7. The molecule has 4 aliphatic rings. The fourth-order valence-corrected chi connectivity index (χ4v) is 6.16. The molecule has 2 atom stereocenters. The molecule has 2 heteroatoms. The summed E-state index contributed by atoms with van der Waals surface area (Å²) in [5.41, 5.74) is 1.61. The first-order chi connectivity index (χ1) is 10.6. The lowest BCUT2D eigenvalue weighted by atomic mass is 9.47. The summed E-state index contributed by atoms with van der Waals surface area (Å²) in [5.74, 6) is 2.76. The van der Waals surface area contributed by atoms with E-state index in [0.717, 1.165) is 24.3 Å². The van der Waals surface area contributed by atoms with E-state index in [0.29, 0.717) is 6.04 Å². The maximum absolute atomic E-state index is 11.1. The fraction of sp³-hybridized carbons (Fsp3) is 0.700. The second kappa shape index (κ2) is 5.65. The number of hydrogen-bond acceptors (Lipinski definition) is 1. The van der Waals surface area contributed by atoms with Gasteiger partial charge in [-0.15, -0.1) is 0 Å². The molecule has 0 saturated heterocycles. The average molecular weight is 300 g/mol. The van der Waals surface area contributed by atoms with Gasteiger partial charge in [-0.05, 0) is 63.2 Å². The van der Waals surface area contributed by atoms with Crippen LogP contribution in [-0.2, 0) is 6.54 Å². The molecule has 0 radical (unpaired) electrons. The summed E-state index contributed by atoms with van der Waals surface area (Å²) in [6.07, 6.45) is 8.11. The topological polar surface area (TPSA) is 36.8 Å². The number of nitrogens with two attached hydrogens (primary N) is 1. The number of rotatable bonds is 5. The number of benzene rings is 1. The summed E-state index contributed by atoms with van der Waals surface area (Å²) >= 11 is 0. The Kier molecular flexibility index (Phi) is 3.78. The van der Waals surface area contributed by atoms with Crippen LogP contribution in [0.2, 0.25) is 0 Å². The molecule has 4 bridgehead atoms. The minimum absolute atomic E-state index is 0.135. The van der Waals surface area contributed by atoms with Crippen LogP contribution in [0.5, 0.6) is 0 Å². The van der Waals surface area contributed by atoms with Crippen LogP contribution in [-0.4, -0.2) is 17.3 Å². The Morgan fingerprint density at radius 3 is 2.14 bits per heavy atom. The quantitative estimate of drug-likeness (QED) is 0.862. The van der Waals surface area contributed by atoms with Crippen LogP contribution in [0.1, 0.15) is 51.0 Å². The van der Waals surface area contributed by atoms with Crippen LogP contribution >= 0.6 is 0 Å². The SMILES string of the molecule is C[C@H]([NH2+]Cc1ccccc1)[C@@H](O)C12CC3CC(CC(C3)C1)C2. The second-order valence-electron chi connectivity index (χ2n) is 8.51. The third-order valence-corrected chi connectivity index (χ3v) is 6.78. The maximum atomic E-state index is 11.1. The van der Waals surface area contributed by atoms with Crippen LogP contribution in [0.25, 0.3) is 0 Å². The maximum Gasteiger partial charge on any atom is 0.111 e. The van der Waals surface area contributed by atoms with Crippen molar-refractivity contribution in [3.05, 3.63) is 35.9 Å². The number of quaternary nitrogens is 1. The molecule has 0 spiro atoms. The highest BCUT2D eigenvalue weighted by Gasteiger charge is 2.55. The van der Waals surface area contributed by atoms with E-state index in [1.54, 1.807) is 0 Å². The van der Waals surface area contributed by atoms with Crippen molar-refractivity contribution < 1.29 is 10.4 Å². The van der Waals surface area contributed by atoms with E-state index in [9.17, 15) is 5.11 Å². The van der Waals surface area contributed by atoms with Crippen LogP contribution in [0.15, 0.2) is 30.3 Å². The van der Waals surface area contributed by atoms with Gasteiger partial charge in [-0.2, -0.15) is 0 Å². The molecule has 0 aromatic heterocycles. The molecule has 3 N–H and O–H groups in total. The monoisotopic (exact) mass is 300 g/mol. The summed E-state index contributed by atoms with van der Waals surface area (Å²) in [5, 5.41) is 13.5. The van der Waals surface area contributed by atoms with Gasteiger partial charge in [-0.1, -0.05) is 30.3 Å². The molecule has 5 rings (SSSR count). The Bertz CT molecular complexity index is 476. The molecular formula is C20H30NO+. The lowest BCUT2D eigenvalue weighted by Crippen LogP contribution is -2.91. The van der Waals surface area contributed by atoms with Gasteiger partial charge in [0.05, 0.1) is 0 Å². The Balaban J connectivity index is 1.41. The van der Waals surface area contributed by atoms with Gasteiger partial charge in [-0.3, -0.25) is 0 Å². The van der Waals surface area contributed by atoms with E-state index in [-0.39, 0.29) is 11.5 Å². The van der Waals surface area contributed by atoms with Gasteiger partial charge >= 0.3 is 0 Å². The van der Waals surface area contributed by atoms with Crippen LogP contribution in [0.4, 0.5) is 0 Å². The number of hydrogen-bond donors (Lipinski definition) is 2. The molecule has 0 aliphatic heterocycles. The first-order valence-corrected chi connectivity index (χ1v) is 9.20. The molecule has 2 nitrogen and oxygen atoms in total. The van der Waals surface area contributed by atoms with Gasteiger partial charge in [0.2, 0.25) is 0 Å². The normalized spacial score (nSPS) is 38.9. The van der Waals surface area contributed by atoms with Crippen LogP contribution in [0.3, 0.4) is 0 Å². The van der Waals surface area contributed by atoms with Crippen LogP contribution < -0.4 is 5.32 Å². The van der Waals surface area contributed by atoms with Crippen molar-refractivity contribution in [2.24, 2.45) is 23.2 Å². The highest BCUT2D eigenvalue weighted by Crippen LogP contribution is 2.61. The average Bonchev–Trinajstić information content (AvgIpc) is 2.51. The molecule has 4 saturated carbocycles. The molecule has 120 valence electrons. The van der Waals surface area contributed by atoms with E-state index in [2.05, 4.69) is 42.6 Å². The van der Waals surface area contributed by atoms with Gasteiger partial charge in [0.1, 0.15) is 18.7 Å². The molecular weight excluding hydrogens is 270 g/mol. The zero-order chi connectivity index (χ0) is 15.2. The van der Waals surface area contributed by atoms with E-state index < -0.39 is 0 Å². The fourth-order valence-electron chi connectivity index (χ4n) is 6.16. The van der Waals surface area contributed by atoms with E-state index >= 15 is 0 Å². The van der Waals surface area contributed by atoms with Gasteiger partial charge in [0.25, 0.3) is 0 Å². The van der Waals surface area contributed by atoms with Gasteiger partial charge < -0.3 is 10.4 Å². The van der Waals surface area contributed by atoms with Gasteiger partial charge in [0.15, 0.2) is 0 Å². The van der Waals surface area contributed by atoms with Crippen molar-refractivity contribution in [1.29, 1.82) is 0 Å². The predicted molar refractivity (Wildman–Crippen MR) is 88.1 cm³/mol. The van der Waals surface area contributed by atoms with Gasteiger partial charge in [-0.25, -0.2) is 0 Å². The third kappa shape index (κ3) is 2.61. The molecule has 0 unspecified atom stereocenters. The van der Waals surface area contributed by atoms with Crippen molar-refractivity contribution in [1.82, 2.24) is 0 Å². The smallest absolute Gasteiger partial charge is 0.111 e. The zero-order valence-corrected chi connectivity index (χ0v) is 13.7. The Morgan fingerprint density at radius 1 is 1.05 bits per heavy atom. The molecule has 0 heterocycles. The highest BCUT2D eigenvalue weighted by atomic mass is 16.3. The van der Waals surface area contributed by atoms with Crippen LogP contribution in [0, 0.1) is 23.2 Å².